The molecule has 4 rings (SSSR count). The van der Waals surface area contributed by atoms with Crippen molar-refractivity contribution in [2.45, 2.75) is 18.2 Å². The Bertz CT molecular complexity index is 1120. The Kier molecular flexibility index (Phi) is 5.05. The molecule has 0 atom stereocenters. The van der Waals surface area contributed by atoms with E-state index in [4.69, 9.17) is 9.68 Å². The lowest BCUT2D eigenvalue weighted by atomic mass is 10.1. The lowest BCUT2D eigenvalue weighted by Gasteiger charge is -2.00. The van der Waals surface area contributed by atoms with Gasteiger partial charge >= 0.3 is 0 Å². The minimum Gasteiger partial charge on any atom is -0.410 e. The van der Waals surface area contributed by atoms with Crippen molar-refractivity contribution in [3.05, 3.63) is 53.5 Å². The van der Waals surface area contributed by atoms with Crippen LogP contribution >= 0.6 is 23.1 Å². The van der Waals surface area contributed by atoms with E-state index in [2.05, 4.69) is 16.3 Å². The summed E-state index contributed by atoms with van der Waals surface area (Å²) in [5, 5.41) is 20.1. The van der Waals surface area contributed by atoms with Crippen LogP contribution in [0.1, 0.15) is 16.8 Å². The van der Waals surface area contributed by atoms with Crippen molar-refractivity contribution < 1.29 is 9.21 Å². The molecule has 4 aromatic rings. The van der Waals surface area contributed by atoms with Gasteiger partial charge < -0.3 is 8.98 Å². The molecule has 3 heterocycles. The second-order valence-corrected chi connectivity index (χ2v) is 7.60. The van der Waals surface area contributed by atoms with Gasteiger partial charge in [0.1, 0.15) is 0 Å². The summed E-state index contributed by atoms with van der Waals surface area (Å²) in [5.41, 5.74) is 1.60. The van der Waals surface area contributed by atoms with Crippen molar-refractivity contribution in [1.29, 1.82) is 5.26 Å². The van der Waals surface area contributed by atoms with Crippen LogP contribution in [-0.4, -0.2) is 26.3 Å². The van der Waals surface area contributed by atoms with Crippen LogP contribution in [0.4, 0.5) is 0 Å². The van der Waals surface area contributed by atoms with Gasteiger partial charge in [-0.25, -0.2) is 0 Å². The Morgan fingerprint density at radius 1 is 1.26 bits per heavy atom. The molecule has 0 saturated carbocycles. The summed E-state index contributed by atoms with van der Waals surface area (Å²) in [6.45, 7) is 0.561. The zero-order chi connectivity index (χ0) is 18.6. The number of benzene rings is 1. The van der Waals surface area contributed by atoms with Crippen molar-refractivity contribution in [1.82, 2.24) is 14.8 Å². The smallest absolute Gasteiger partial charge is 0.277 e. The molecular weight excluding hydrogens is 380 g/mol. The largest absolute Gasteiger partial charge is 0.410 e. The fourth-order valence-electron chi connectivity index (χ4n) is 2.80. The number of thioether (sulfide) groups is 1. The van der Waals surface area contributed by atoms with Crippen molar-refractivity contribution in [2.24, 2.45) is 0 Å². The highest BCUT2D eigenvalue weighted by atomic mass is 32.2. The number of aryl methyl sites for hydroxylation is 1. The minimum atomic E-state index is -0.0113. The lowest BCUT2D eigenvalue weighted by Crippen LogP contribution is -2.02. The normalized spacial score (nSPS) is 10.9. The summed E-state index contributed by atoms with van der Waals surface area (Å²) in [4.78, 5) is 13.7. The van der Waals surface area contributed by atoms with Crippen LogP contribution in [0.3, 0.4) is 0 Å². The number of nitriles is 1. The number of carbonyl (C=O) groups is 1. The molecule has 0 fully saturated rings. The number of rotatable bonds is 7. The van der Waals surface area contributed by atoms with E-state index in [0.717, 1.165) is 15.8 Å². The predicted molar refractivity (Wildman–Crippen MR) is 105 cm³/mol. The summed E-state index contributed by atoms with van der Waals surface area (Å²) in [6.07, 6.45) is 2.23. The first kappa shape index (κ1) is 17.5. The first-order valence-electron chi connectivity index (χ1n) is 8.24. The van der Waals surface area contributed by atoms with E-state index in [1.54, 1.807) is 0 Å². The van der Waals surface area contributed by atoms with Crippen LogP contribution < -0.4 is 0 Å². The molecule has 0 bridgehead atoms. The number of hydrogen-bond acceptors (Lipinski definition) is 7. The Morgan fingerprint density at radius 2 is 2.15 bits per heavy atom. The molecule has 0 aliphatic rings. The molecule has 0 radical (unpaired) electrons. The summed E-state index contributed by atoms with van der Waals surface area (Å²) in [7, 11) is 0. The summed E-state index contributed by atoms with van der Waals surface area (Å²) >= 11 is 2.75. The number of para-hydroxylation sites is 1. The Balaban J connectivity index is 1.51. The van der Waals surface area contributed by atoms with Gasteiger partial charge in [-0.3, -0.25) is 4.79 Å². The molecule has 6 nitrogen and oxygen atoms in total. The van der Waals surface area contributed by atoms with Gasteiger partial charge in [0.2, 0.25) is 0 Å². The number of carbonyl (C=O) groups excluding carboxylic acids is 1. The van der Waals surface area contributed by atoms with Crippen molar-refractivity contribution in [3.63, 3.8) is 0 Å². The first-order valence-corrected chi connectivity index (χ1v) is 10.1. The van der Waals surface area contributed by atoms with Gasteiger partial charge in [-0.15, -0.1) is 21.5 Å². The third kappa shape index (κ3) is 3.65. The lowest BCUT2D eigenvalue weighted by molar-refractivity contribution is 0.102. The molecule has 27 heavy (non-hydrogen) atoms. The fourth-order valence-corrected chi connectivity index (χ4v) is 4.09. The SMILES string of the molecule is N#CCCn1cc(C(=O)CSc2nnc(-c3cccs3)o2)c2ccccc21. The molecule has 0 aliphatic carbocycles. The van der Waals surface area contributed by atoms with Gasteiger partial charge in [0.25, 0.3) is 11.1 Å². The number of nitrogens with zero attached hydrogens (tertiary/aromatic N) is 4. The number of aromatic nitrogens is 3. The van der Waals surface area contributed by atoms with Gasteiger partial charge in [0.05, 0.1) is 23.1 Å². The average molecular weight is 394 g/mol. The molecule has 0 saturated heterocycles. The highest BCUT2D eigenvalue weighted by Gasteiger charge is 2.17. The molecule has 3 aromatic heterocycles. The number of thiophene rings is 1. The fraction of sp³-hybridized carbons (Fsp3) is 0.158. The van der Waals surface area contributed by atoms with Gasteiger partial charge in [-0.05, 0) is 17.5 Å². The monoisotopic (exact) mass is 394 g/mol. The van der Waals surface area contributed by atoms with Gasteiger partial charge in [-0.2, -0.15) is 5.26 Å². The molecule has 0 N–H and O–H groups in total. The van der Waals surface area contributed by atoms with Crippen molar-refractivity contribution in [2.75, 3.05) is 5.75 Å². The van der Waals surface area contributed by atoms with Gasteiger partial charge in [0, 0.05) is 29.2 Å². The first-order chi connectivity index (χ1) is 13.3. The van der Waals surface area contributed by atoms with Crippen molar-refractivity contribution >= 4 is 39.8 Å². The maximum Gasteiger partial charge on any atom is 0.277 e. The maximum atomic E-state index is 12.8. The van der Waals surface area contributed by atoms with Crippen LogP contribution in [0.15, 0.2) is 57.6 Å². The van der Waals surface area contributed by atoms with E-state index in [0.29, 0.717) is 29.6 Å². The van der Waals surface area contributed by atoms with Crippen LogP contribution in [0.2, 0.25) is 0 Å². The summed E-state index contributed by atoms with van der Waals surface area (Å²) < 4.78 is 7.57. The molecule has 134 valence electrons. The molecule has 1 aromatic carbocycles. The Hall–Kier alpha value is -2.89. The molecule has 0 aliphatic heterocycles. The predicted octanol–water partition coefficient (Wildman–Crippen LogP) is 4.64. The van der Waals surface area contributed by atoms with E-state index in [1.807, 2.05) is 52.5 Å². The number of Topliss-reactive ketones (excluding diaryl/α,β-unsaturated/α-hetero) is 1. The summed E-state index contributed by atoms with van der Waals surface area (Å²) in [5.74, 6) is 0.661. The van der Waals surface area contributed by atoms with E-state index < -0.39 is 0 Å². The number of ketones is 1. The zero-order valence-electron chi connectivity index (χ0n) is 14.2. The average Bonchev–Trinajstić information content (AvgIpc) is 3.44. The Labute approximate surface area is 163 Å². The van der Waals surface area contributed by atoms with Crippen LogP contribution in [-0.2, 0) is 6.54 Å². The van der Waals surface area contributed by atoms with Crippen LogP contribution in [0.5, 0.6) is 0 Å². The second kappa shape index (κ2) is 7.78. The minimum absolute atomic E-state index is 0.0113. The van der Waals surface area contributed by atoms with E-state index in [9.17, 15) is 4.79 Å². The Morgan fingerprint density at radius 3 is 2.96 bits per heavy atom. The quantitative estimate of drug-likeness (QED) is 0.335. The zero-order valence-corrected chi connectivity index (χ0v) is 15.8. The highest BCUT2D eigenvalue weighted by molar-refractivity contribution is 7.99. The van der Waals surface area contributed by atoms with Crippen molar-refractivity contribution in [3.8, 4) is 16.8 Å². The third-order valence-electron chi connectivity index (χ3n) is 4.02. The topological polar surface area (TPSA) is 84.7 Å². The number of fused-ring (bicyclic) bond motifs is 1. The third-order valence-corrected chi connectivity index (χ3v) is 5.69. The molecule has 0 amide bonds. The maximum absolute atomic E-state index is 12.8. The van der Waals surface area contributed by atoms with Crippen LogP contribution in [0.25, 0.3) is 21.7 Å². The summed E-state index contributed by atoms with van der Waals surface area (Å²) in [6, 6.07) is 13.7. The molecule has 8 heteroatoms. The molecule has 0 unspecified atom stereocenters. The standard InChI is InChI=1S/C19H14N4O2S2/c20-8-4-9-23-11-14(13-5-1-2-6-15(13)23)16(24)12-27-19-22-21-18(25-19)17-7-3-10-26-17/h1-3,5-7,10-11H,4,9,12H2. The molecule has 0 spiro atoms. The van der Waals surface area contributed by atoms with E-state index in [-0.39, 0.29) is 11.5 Å². The number of hydrogen-bond donors (Lipinski definition) is 0. The second-order valence-electron chi connectivity index (χ2n) is 5.72. The van der Waals surface area contributed by atoms with E-state index in [1.165, 1.54) is 23.1 Å². The van der Waals surface area contributed by atoms with Gasteiger partial charge in [0.15, 0.2) is 5.78 Å². The highest BCUT2D eigenvalue weighted by Crippen LogP contribution is 2.28. The van der Waals surface area contributed by atoms with Crippen LogP contribution in [0, 0.1) is 11.3 Å². The molecular formula is C19H14N4O2S2. The van der Waals surface area contributed by atoms with Gasteiger partial charge in [-0.1, -0.05) is 36.0 Å². The van der Waals surface area contributed by atoms with E-state index >= 15 is 0 Å².